The molecule has 2 rings (SSSR count). The zero-order valence-electron chi connectivity index (χ0n) is 9.57. The summed E-state index contributed by atoms with van der Waals surface area (Å²) in [6.45, 7) is -2.55. The van der Waals surface area contributed by atoms with Gasteiger partial charge in [0.15, 0.2) is 0 Å². The third-order valence-electron chi connectivity index (χ3n) is 2.31. The van der Waals surface area contributed by atoms with Crippen molar-refractivity contribution in [2.75, 3.05) is 0 Å². The highest BCUT2D eigenvalue weighted by Gasteiger charge is 2.11. The molecular weight excluding hydrogens is 260 g/mol. The molecule has 100 valence electrons. The summed E-state index contributed by atoms with van der Waals surface area (Å²) >= 11 is 0. The number of aromatic nitrogens is 2. The molecule has 0 aliphatic rings. The Morgan fingerprint density at radius 2 is 2.00 bits per heavy atom. The number of ether oxygens (including phenoxy) is 1. The number of alkyl halides is 2. The van der Waals surface area contributed by atoms with E-state index in [2.05, 4.69) is 9.84 Å². The number of nitrogens with zero attached hydrogens (tertiary/aromatic N) is 3. The van der Waals surface area contributed by atoms with E-state index in [1.807, 2.05) is 0 Å². The van der Waals surface area contributed by atoms with Crippen LogP contribution in [0.5, 0.6) is 5.75 Å². The van der Waals surface area contributed by atoms with Gasteiger partial charge in [-0.25, -0.2) is 0 Å². The minimum atomic E-state index is -2.86. The second-order valence-electron chi connectivity index (χ2n) is 3.65. The molecule has 0 saturated carbocycles. The van der Waals surface area contributed by atoms with Crippen molar-refractivity contribution < 1.29 is 18.4 Å². The highest BCUT2D eigenvalue weighted by Crippen LogP contribution is 2.16. The summed E-state index contributed by atoms with van der Waals surface area (Å²) in [4.78, 5) is 9.87. The molecule has 8 heteroatoms. The normalized spacial score (nSPS) is 10.7. The summed E-state index contributed by atoms with van der Waals surface area (Å²) < 4.78 is 29.5. The van der Waals surface area contributed by atoms with Gasteiger partial charge in [0.2, 0.25) is 0 Å². The first-order chi connectivity index (χ1) is 9.04. The molecule has 0 amide bonds. The molecule has 0 aliphatic heterocycles. The molecule has 1 heterocycles. The molecule has 0 unspecified atom stereocenters. The van der Waals surface area contributed by atoms with Crippen molar-refractivity contribution in [2.24, 2.45) is 0 Å². The Bertz CT molecular complexity index is 569. The van der Waals surface area contributed by atoms with Gasteiger partial charge in [-0.1, -0.05) is 12.1 Å². The van der Waals surface area contributed by atoms with Gasteiger partial charge in [0.05, 0.1) is 23.9 Å². The largest absolute Gasteiger partial charge is 0.435 e. The van der Waals surface area contributed by atoms with Gasteiger partial charge in [-0.3, -0.25) is 0 Å². The van der Waals surface area contributed by atoms with Crippen LogP contribution in [0, 0.1) is 10.1 Å². The SMILES string of the molecule is O=[N+]([O-])c1ccn(Cc2ccc(OC(F)F)cc2)n1. The maximum absolute atomic E-state index is 11.9. The molecule has 0 spiro atoms. The summed E-state index contributed by atoms with van der Waals surface area (Å²) in [6.07, 6.45) is 1.47. The Balaban J connectivity index is 2.04. The number of nitro groups is 1. The van der Waals surface area contributed by atoms with Crippen LogP contribution in [0.4, 0.5) is 14.6 Å². The molecule has 0 radical (unpaired) electrons. The summed E-state index contributed by atoms with van der Waals surface area (Å²) in [5, 5.41) is 14.2. The number of hydrogen-bond acceptors (Lipinski definition) is 4. The van der Waals surface area contributed by atoms with E-state index in [0.29, 0.717) is 6.54 Å². The molecule has 1 aromatic heterocycles. The summed E-state index contributed by atoms with van der Waals surface area (Å²) in [6, 6.07) is 7.27. The molecular formula is C11H9F2N3O3. The van der Waals surface area contributed by atoms with Crippen LogP contribution in [0.1, 0.15) is 5.56 Å². The fourth-order valence-electron chi connectivity index (χ4n) is 1.50. The fraction of sp³-hybridized carbons (Fsp3) is 0.182. The van der Waals surface area contributed by atoms with E-state index in [1.165, 1.54) is 29.1 Å². The highest BCUT2D eigenvalue weighted by molar-refractivity contribution is 5.27. The van der Waals surface area contributed by atoms with Crippen LogP contribution < -0.4 is 4.74 Å². The Labute approximate surface area is 106 Å². The Hall–Kier alpha value is -2.51. The number of rotatable bonds is 5. The number of halogens is 2. The summed E-state index contributed by atoms with van der Waals surface area (Å²) in [5.41, 5.74) is 0.764. The lowest BCUT2D eigenvalue weighted by atomic mass is 10.2. The molecule has 0 saturated heterocycles. The van der Waals surface area contributed by atoms with Gasteiger partial charge < -0.3 is 14.9 Å². The van der Waals surface area contributed by atoms with Crippen LogP contribution in [0.25, 0.3) is 0 Å². The van der Waals surface area contributed by atoms with Gasteiger partial charge >= 0.3 is 12.4 Å². The molecule has 2 aromatic rings. The van der Waals surface area contributed by atoms with E-state index in [1.54, 1.807) is 12.1 Å². The van der Waals surface area contributed by atoms with E-state index in [4.69, 9.17) is 0 Å². The second-order valence-corrected chi connectivity index (χ2v) is 3.65. The van der Waals surface area contributed by atoms with Crippen LogP contribution in [0.3, 0.4) is 0 Å². The lowest BCUT2D eigenvalue weighted by molar-refractivity contribution is -0.389. The third-order valence-corrected chi connectivity index (χ3v) is 2.31. The van der Waals surface area contributed by atoms with E-state index in [9.17, 15) is 18.9 Å². The van der Waals surface area contributed by atoms with Crippen molar-refractivity contribution in [3.63, 3.8) is 0 Å². The van der Waals surface area contributed by atoms with Crippen LogP contribution >= 0.6 is 0 Å². The molecule has 6 nitrogen and oxygen atoms in total. The fourth-order valence-corrected chi connectivity index (χ4v) is 1.50. The lowest BCUT2D eigenvalue weighted by Gasteiger charge is -2.04. The van der Waals surface area contributed by atoms with Gasteiger partial charge in [0.1, 0.15) is 5.75 Å². The van der Waals surface area contributed by atoms with Gasteiger partial charge in [0, 0.05) is 0 Å². The predicted molar refractivity (Wildman–Crippen MR) is 61.1 cm³/mol. The molecule has 0 atom stereocenters. The molecule has 0 fully saturated rings. The van der Waals surface area contributed by atoms with Crippen molar-refractivity contribution in [1.82, 2.24) is 9.78 Å². The minimum Gasteiger partial charge on any atom is -0.435 e. The quantitative estimate of drug-likeness (QED) is 0.617. The summed E-state index contributed by atoms with van der Waals surface area (Å²) in [7, 11) is 0. The van der Waals surface area contributed by atoms with Gasteiger partial charge in [-0.05, 0) is 22.6 Å². The first-order valence-electron chi connectivity index (χ1n) is 5.26. The maximum Gasteiger partial charge on any atom is 0.389 e. The molecule has 1 aromatic carbocycles. The number of benzene rings is 1. The Morgan fingerprint density at radius 3 is 2.53 bits per heavy atom. The minimum absolute atomic E-state index is 0.0604. The van der Waals surface area contributed by atoms with Crippen LogP contribution in [0.15, 0.2) is 36.5 Å². The van der Waals surface area contributed by atoms with Crippen LogP contribution in [-0.4, -0.2) is 21.3 Å². The van der Waals surface area contributed by atoms with E-state index in [0.717, 1.165) is 5.56 Å². The smallest absolute Gasteiger partial charge is 0.389 e. The van der Waals surface area contributed by atoms with Crippen molar-refractivity contribution in [1.29, 1.82) is 0 Å². The molecule has 0 aliphatic carbocycles. The monoisotopic (exact) mass is 269 g/mol. The van der Waals surface area contributed by atoms with Crippen molar-refractivity contribution in [3.05, 3.63) is 52.2 Å². The maximum atomic E-state index is 11.9. The Kier molecular flexibility index (Phi) is 3.69. The molecule has 0 bridgehead atoms. The van der Waals surface area contributed by atoms with Crippen LogP contribution in [0.2, 0.25) is 0 Å². The first kappa shape index (κ1) is 12.9. The van der Waals surface area contributed by atoms with Crippen molar-refractivity contribution in [3.8, 4) is 5.75 Å². The standard InChI is InChI=1S/C11H9F2N3O3/c12-11(13)19-9-3-1-8(2-4-9)7-15-6-5-10(14-15)16(17)18/h1-6,11H,7H2. The van der Waals surface area contributed by atoms with Gasteiger partial charge in [0.25, 0.3) is 0 Å². The van der Waals surface area contributed by atoms with E-state index >= 15 is 0 Å². The average molecular weight is 269 g/mol. The molecule has 0 N–H and O–H groups in total. The average Bonchev–Trinajstić information content (AvgIpc) is 2.80. The molecule has 19 heavy (non-hydrogen) atoms. The van der Waals surface area contributed by atoms with Crippen LogP contribution in [-0.2, 0) is 6.54 Å². The van der Waals surface area contributed by atoms with Crippen molar-refractivity contribution >= 4 is 5.82 Å². The summed E-state index contributed by atoms with van der Waals surface area (Å²) in [5.74, 6) is -0.178. The Morgan fingerprint density at radius 1 is 1.32 bits per heavy atom. The predicted octanol–water partition coefficient (Wildman–Crippen LogP) is 2.44. The number of hydrogen-bond donors (Lipinski definition) is 0. The van der Waals surface area contributed by atoms with Crippen molar-refractivity contribution in [2.45, 2.75) is 13.2 Å². The zero-order chi connectivity index (χ0) is 13.8. The van der Waals surface area contributed by atoms with E-state index < -0.39 is 11.5 Å². The third kappa shape index (κ3) is 3.47. The van der Waals surface area contributed by atoms with E-state index in [-0.39, 0.29) is 11.6 Å². The first-order valence-corrected chi connectivity index (χ1v) is 5.26. The topological polar surface area (TPSA) is 70.2 Å². The van der Waals surface area contributed by atoms with Gasteiger partial charge in [-0.2, -0.15) is 13.5 Å². The zero-order valence-corrected chi connectivity index (χ0v) is 9.57. The second kappa shape index (κ2) is 5.42. The highest BCUT2D eigenvalue weighted by atomic mass is 19.3. The van der Waals surface area contributed by atoms with Gasteiger partial charge in [-0.15, -0.1) is 0 Å². The lowest BCUT2D eigenvalue weighted by Crippen LogP contribution is -2.03.